The SMILES string of the molecule is c1ccc2c(c1)B1c3cc4sc5ccccc5c4cc3-c3ccccc3N1c1ccccc1-2. The Labute approximate surface area is 196 Å². The minimum absolute atomic E-state index is 0.163. The fraction of sp³-hybridized carbons (Fsp3) is 0. The summed E-state index contributed by atoms with van der Waals surface area (Å²) in [5.74, 6) is 0. The van der Waals surface area contributed by atoms with Crippen molar-refractivity contribution in [3.05, 3.63) is 109 Å². The van der Waals surface area contributed by atoms with Crippen LogP contribution in [-0.4, -0.2) is 6.85 Å². The number of benzene rings is 5. The van der Waals surface area contributed by atoms with E-state index in [2.05, 4.69) is 114 Å². The van der Waals surface area contributed by atoms with Crippen LogP contribution in [0.4, 0.5) is 11.4 Å². The van der Waals surface area contributed by atoms with E-state index in [0.29, 0.717) is 0 Å². The van der Waals surface area contributed by atoms with Gasteiger partial charge in [0, 0.05) is 42.7 Å². The zero-order valence-electron chi connectivity index (χ0n) is 17.8. The van der Waals surface area contributed by atoms with E-state index >= 15 is 0 Å². The van der Waals surface area contributed by atoms with Crippen LogP contribution in [-0.2, 0) is 0 Å². The Kier molecular flexibility index (Phi) is 3.42. The summed E-state index contributed by atoms with van der Waals surface area (Å²) in [5, 5.41) is 2.72. The molecule has 8 rings (SSSR count). The average molecular weight is 435 g/mol. The summed E-state index contributed by atoms with van der Waals surface area (Å²) >= 11 is 1.90. The molecule has 0 radical (unpaired) electrons. The summed E-state index contributed by atoms with van der Waals surface area (Å²) in [5.41, 5.74) is 10.7. The fourth-order valence-corrected chi connectivity index (χ4v) is 7.04. The van der Waals surface area contributed by atoms with Crippen molar-refractivity contribution in [3.8, 4) is 22.3 Å². The molecule has 0 bridgehead atoms. The maximum absolute atomic E-state index is 2.56. The van der Waals surface area contributed by atoms with Crippen molar-refractivity contribution in [1.82, 2.24) is 0 Å². The summed E-state index contributed by atoms with van der Waals surface area (Å²) < 4.78 is 2.72. The molecule has 2 aliphatic heterocycles. The predicted molar refractivity (Wildman–Crippen MR) is 144 cm³/mol. The molecule has 0 saturated carbocycles. The number of hydrogen-bond acceptors (Lipinski definition) is 2. The molecule has 0 N–H and O–H groups in total. The molecule has 5 aromatic carbocycles. The van der Waals surface area contributed by atoms with Gasteiger partial charge >= 0.3 is 6.85 Å². The van der Waals surface area contributed by atoms with Crippen molar-refractivity contribution in [3.63, 3.8) is 0 Å². The molecule has 0 aliphatic carbocycles. The minimum Gasteiger partial charge on any atom is -0.376 e. The number of nitrogens with zero attached hydrogens (tertiary/aromatic N) is 1. The minimum atomic E-state index is 0.163. The molecule has 6 aromatic rings. The topological polar surface area (TPSA) is 3.24 Å². The molecular formula is C30H18BNS. The van der Waals surface area contributed by atoms with E-state index < -0.39 is 0 Å². The highest BCUT2D eigenvalue weighted by Crippen LogP contribution is 2.47. The summed E-state index contributed by atoms with van der Waals surface area (Å²) in [6, 6.07) is 40.4. The van der Waals surface area contributed by atoms with Gasteiger partial charge in [0.2, 0.25) is 0 Å². The van der Waals surface area contributed by atoms with Crippen molar-refractivity contribution < 1.29 is 0 Å². The number of para-hydroxylation sites is 2. The lowest BCUT2D eigenvalue weighted by atomic mass is 9.43. The second kappa shape index (κ2) is 6.37. The van der Waals surface area contributed by atoms with Crippen LogP contribution >= 0.6 is 11.3 Å². The molecule has 3 heterocycles. The van der Waals surface area contributed by atoms with Crippen molar-refractivity contribution in [2.45, 2.75) is 0 Å². The van der Waals surface area contributed by atoms with E-state index in [1.165, 1.54) is 64.7 Å². The molecule has 0 fully saturated rings. The normalized spacial score (nSPS) is 13.3. The van der Waals surface area contributed by atoms with Crippen LogP contribution in [0.2, 0.25) is 0 Å². The van der Waals surface area contributed by atoms with Crippen molar-refractivity contribution in [2.24, 2.45) is 0 Å². The van der Waals surface area contributed by atoms with Gasteiger partial charge in [-0.3, -0.25) is 0 Å². The maximum atomic E-state index is 2.56. The Morgan fingerprint density at radius 3 is 1.94 bits per heavy atom. The Bertz CT molecular complexity index is 1750. The van der Waals surface area contributed by atoms with E-state index in [1.54, 1.807) is 0 Å². The third kappa shape index (κ3) is 2.27. The van der Waals surface area contributed by atoms with Gasteiger partial charge in [-0.2, -0.15) is 0 Å². The van der Waals surface area contributed by atoms with E-state index in [0.717, 1.165) is 0 Å². The number of hydrogen-bond donors (Lipinski definition) is 0. The van der Waals surface area contributed by atoms with Gasteiger partial charge in [0.15, 0.2) is 0 Å². The molecule has 1 nitrogen and oxygen atoms in total. The second-order valence-electron chi connectivity index (χ2n) is 8.93. The molecular weight excluding hydrogens is 417 g/mol. The van der Waals surface area contributed by atoms with Gasteiger partial charge in [0.25, 0.3) is 0 Å². The highest BCUT2D eigenvalue weighted by atomic mass is 32.1. The second-order valence-corrected chi connectivity index (χ2v) is 10.0. The molecule has 0 saturated heterocycles. The average Bonchev–Trinajstić information content (AvgIpc) is 3.25. The van der Waals surface area contributed by atoms with Gasteiger partial charge in [0.05, 0.1) is 0 Å². The summed E-state index contributed by atoms with van der Waals surface area (Å²) in [6.45, 7) is 0.163. The lowest BCUT2D eigenvalue weighted by molar-refractivity contribution is 1.35. The molecule has 0 amide bonds. The molecule has 2 aliphatic rings. The highest BCUT2D eigenvalue weighted by Gasteiger charge is 2.42. The first-order chi connectivity index (χ1) is 16.4. The third-order valence-corrected chi connectivity index (χ3v) is 8.40. The largest absolute Gasteiger partial charge is 0.376 e. The summed E-state index contributed by atoms with van der Waals surface area (Å²) in [6.07, 6.45) is 0. The van der Waals surface area contributed by atoms with Crippen molar-refractivity contribution in [2.75, 3.05) is 4.81 Å². The molecule has 0 unspecified atom stereocenters. The Morgan fingerprint density at radius 1 is 0.485 bits per heavy atom. The summed E-state index contributed by atoms with van der Waals surface area (Å²) in [7, 11) is 0. The van der Waals surface area contributed by atoms with Gasteiger partial charge in [-0.15, -0.1) is 11.3 Å². The molecule has 0 spiro atoms. The first-order valence-electron chi connectivity index (χ1n) is 11.4. The fourth-order valence-electron chi connectivity index (χ4n) is 5.90. The van der Waals surface area contributed by atoms with Crippen LogP contribution in [0.3, 0.4) is 0 Å². The lowest BCUT2D eigenvalue weighted by Gasteiger charge is -2.43. The Morgan fingerprint density at radius 2 is 1.12 bits per heavy atom. The number of rotatable bonds is 0. The molecule has 33 heavy (non-hydrogen) atoms. The lowest BCUT2D eigenvalue weighted by Crippen LogP contribution is -2.59. The standard InChI is InChI=1S/C30H18BNS/c1-5-13-25-19(9-1)20-10-2-6-14-27(20)32-28-15-7-3-11-21(28)23-17-24-22-12-4-8-16-29(22)33-30(24)18-26(23)31(25)32/h1-18H. The number of anilines is 2. The maximum Gasteiger partial charge on any atom is 0.329 e. The van der Waals surface area contributed by atoms with Crippen LogP contribution in [0.1, 0.15) is 0 Å². The van der Waals surface area contributed by atoms with Crippen molar-refractivity contribution >= 4 is 60.7 Å². The van der Waals surface area contributed by atoms with Gasteiger partial charge in [0.1, 0.15) is 0 Å². The third-order valence-electron chi connectivity index (χ3n) is 7.26. The van der Waals surface area contributed by atoms with Crippen LogP contribution in [0.5, 0.6) is 0 Å². The quantitative estimate of drug-likeness (QED) is 0.233. The zero-order valence-corrected chi connectivity index (χ0v) is 18.6. The van der Waals surface area contributed by atoms with Gasteiger partial charge in [-0.25, -0.2) is 0 Å². The smallest absolute Gasteiger partial charge is 0.329 e. The number of fused-ring (bicyclic) bond motifs is 14. The molecule has 152 valence electrons. The zero-order chi connectivity index (χ0) is 21.5. The van der Waals surface area contributed by atoms with Gasteiger partial charge < -0.3 is 4.81 Å². The van der Waals surface area contributed by atoms with Crippen molar-refractivity contribution in [1.29, 1.82) is 0 Å². The monoisotopic (exact) mass is 435 g/mol. The first-order valence-corrected chi connectivity index (χ1v) is 12.2. The van der Waals surface area contributed by atoms with Crippen LogP contribution in [0.25, 0.3) is 42.4 Å². The van der Waals surface area contributed by atoms with E-state index in [-0.39, 0.29) is 6.85 Å². The Hall–Kier alpha value is -3.82. The van der Waals surface area contributed by atoms with Crippen LogP contribution in [0.15, 0.2) is 109 Å². The molecule has 1 aromatic heterocycles. The molecule has 3 heteroatoms. The molecule has 0 atom stereocenters. The van der Waals surface area contributed by atoms with E-state index in [1.807, 2.05) is 11.3 Å². The highest BCUT2D eigenvalue weighted by molar-refractivity contribution is 7.26. The van der Waals surface area contributed by atoms with Crippen LogP contribution < -0.4 is 15.7 Å². The van der Waals surface area contributed by atoms with Gasteiger partial charge in [-0.1, -0.05) is 78.9 Å². The van der Waals surface area contributed by atoms with E-state index in [4.69, 9.17) is 0 Å². The van der Waals surface area contributed by atoms with E-state index in [9.17, 15) is 0 Å². The Balaban J connectivity index is 1.53. The number of thiophene rings is 1. The summed E-state index contributed by atoms with van der Waals surface area (Å²) in [4.78, 5) is 2.56. The predicted octanol–water partition coefficient (Wildman–Crippen LogP) is 6.96. The van der Waals surface area contributed by atoms with Crippen LogP contribution in [0, 0.1) is 0 Å². The first kappa shape index (κ1) is 17.7. The van der Waals surface area contributed by atoms with Gasteiger partial charge in [-0.05, 0) is 52.4 Å².